The molecule has 1 N–H and O–H groups in total. The molecule has 1 aliphatic rings. The zero-order valence-electron chi connectivity index (χ0n) is 11.7. The van der Waals surface area contributed by atoms with E-state index in [1.807, 2.05) is 12.1 Å². The molecular formula is C16H25NO. The highest BCUT2D eigenvalue weighted by atomic mass is 16.3. The highest BCUT2D eigenvalue weighted by Gasteiger charge is 2.24. The molecule has 1 atom stereocenters. The van der Waals surface area contributed by atoms with E-state index in [2.05, 4.69) is 24.9 Å². The Balaban J connectivity index is 2.09. The van der Waals surface area contributed by atoms with Gasteiger partial charge in [-0.3, -0.25) is 4.90 Å². The molecule has 0 amide bonds. The summed E-state index contributed by atoms with van der Waals surface area (Å²) in [6, 6.07) is 6.48. The van der Waals surface area contributed by atoms with Crippen molar-refractivity contribution in [1.82, 2.24) is 4.90 Å². The molecule has 0 fully saturated rings. The van der Waals surface area contributed by atoms with Crippen molar-refractivity contribution in [2.75, 3.05) is 13.6 Å². The zero-order chi connectivity index (χ0) is 13.0. The minimum Gasteiger partial charge on any atom is -0.508 e. The average molecular weight is 247 g/mol. The highest BCUT2D eigenvalue weighted by molar-refractivity contribution is 5.42. The summed E-state index contributed by atoms with van der Waals surface area (Å²) in [7, 11) is 2.22. The monoisotopic (exact) mass is 247 g/mol. The Bertz CT molecular complexity index is 389. The van der Waals surface area contributed by atoms with E-state index in [0.29, 0.717) is 11.8 Å². The molecule has 2 nitrogen and oxygen atoms in total. The summed E-state index contributed by atoms with van der Waals surface area (Å²) in [5, 5.41) is 9.95. The van der Waals surface area contributed by atoms with Gasteiger partial charge in [-0.1, -0.05) is 31.9 Å². The van der Waals surface area contributed by atoms with E-state index in [1.165, 1.54) is 43.2 Å². The molecule has 1 aliphatic carbocycles. The maximum atomic E-state index is 9.95. The number of hydrogen-bond donors (Lipinski definition) is 1. The fourth-order valence-corrected chi connectivity index (χ4v) is 3.03. The highest BCUT2D eigenvalue weighted by Crippen LogP contribution is 2.37. The van der Waals surface area contributed by atoms with Crippen LogP contribution in [0.2, 0.25) is 0 Å². The van der Waals surface area contributed by atoms with Gasteiger partial charge in [0.15, 0.2) is 0 Å². The number of hydrogen-bond acceptors (Lipinski definition) is 2. The van der Waals surface area contributed by atoms with Crippen molar-refractivity contribution < 1.29 is 5.11 Å². The van der Waals surface area contributed by atoms with E-state index >= 15 is 0 Å². The summed E-state index contributed by atoms with van der Waals surface area (Å²) < 4.78 is 0. The number of fused-ring (bicyclic) bond motifs is 1. The maximum absolute atomic E-state index is 9.95. The fourth-order valence-electron chi connectivity index (χ4n) is 3.03. The van der Waals surface area contributed by atoms with E-state index in [1.54, 1.807) is 0 Å². The number of phenols is 1. The third-order valence-electron chi connectivity index (χ3n) is 4.10. The smallest absolute Gasteiger partial charge is 0.119 e. The molecule has 0 saturated heterocycles. The molecule has 1 aromatic carbocycles. The molecular weight excluding hydrogens is 222 g/mol. The van der Waals surface area contributed by atoms with Gasteiger partial charge in [-0.15, -0.1) is 0 Å². The van der Waals surface area contributed by atoms with E-state index in [4.69, 9.17) is 0 Å². The second kappa shape index (κ2) is 6.24. The molecule has 100 valence electrons. The van der Waals surface area contributed by atoms with Crippen LogP contribution in [-0.4, -0.2) is 23.6 Å². The molecule has 0 radical (unpaired) electrons. The van der Waals surface area contributed by atoms with Gasteiger partial charge in [0, 0.05) is 6.04 Å². The van der Waals surface area contributed by atoms with Crippen LogP contribution in [0.25, 0.3) is 0 Å². The normalized spacial score (nSPS) is 18.9. The predicted molar refractivity (Wildman–Crippen MR) is 75.9 cm³/mol. The Hall–Kier alpha value is -1.02. The number of benzene rings is 1. The summed E-state index contributed by atoms with van der Waals surface area (Å²) >= 11 is 0. The van der Waals surface area contributed by atoms with Gasteiger partial charge in [0.1, 0.15) is 5.75 Å². The molecule has 0 aromatic heterocycles. The van der Waals surface area contributed by atoms with E-state index in [0.717, 1.165) is 13.0 Å². The molecule has 0 saturated carbocycles. The molecule has 0 spiro atoms. The molecule has 0 bridgehead atoms. The topological polar surface area (TPSA) is 23.5 Å². The summed E-state index contributed by atoms with van der Waals surface area (Å²) in [4.78, 5) is 2.47. The second-order valence-electron chi connectivity index (χ2n) is 5.44. The van der Waals surface area contributed by atoms with Crippen molar-refractivity contribution in [3.8, 4) is 5.75 Å². The molecule has 2 heteroatoms. The number of nitrogens with zero attached hydrogens (tertiary/aromatic N) is 1. The quantitative estimate of drug-likeness (QED) is 0.798. The Kier molecular flexibility index (Phi) is 4.65. The summed E-state index contributed by atoms with van der Waals surface area (Å²) in [5.41, 5.74) is 2.52. The summed E-state index contributed by atoms with van der Waals surface area (Å²) in [6.45, 7) is 3.40. The molecule has 1 aromatic rings. The maximum Gasteiger partial charge on any atom is 0.119 e. The Morgan fingerprint density at radius 1 is 1.33 bits per heavy atom. The van der Waals surface area contributed by atoms with Gasteiger partial charge >= 0.3 is 0 Å². The lowest BCUT2D eigenvalue weighted by Gasteiger charge is -2.33. The number of aromatic hydroxyl groups is 1. The minimum absolute atomic E-state index is 0.485. The van der Waals surface area contributed by atoms with E-state index in [9.17, 15) is 5.11 Å². The van der Waals surface area contributed by atoms with Crippen molar-refractivity contribution in [2.45, 2.75) is 51.5 Å². The number of rotatable bonds is 5. The Morgan fingerprint density at radius 2 is 2.17 bits per heavy atom. The van der Waals surface area contributed by atoms with Crippen molar-refractivity contribution in [1.29, 1.82) is 0 Å². The van der Waals surface area contributed by atoms with Gasteiger partial charge in [-0.05, 0) is 56.5 Å². The van der Waals surface area contributed by atoms with Gasteiger partial charge < -0.3 is 5.11 Å². The van der Waals surface area contributed by atoms with Gasteiger partial charge in [0.25, 0.3) is 0 Å². The van der Waals surface area contributed by atoms with Crippen LogP contribution < -0.4 is 0 Å². The minimum atomic E-state index is 0.485. The van der Waals surface area contributed by atoms with Crippen molar-refractivity contribution in [3.05, 3.63) is 29.3 Å². The van der Waals surface area contributed by atoms with Crippen LogP contribution in [-0.2, 0) is 6.42 Å². The first-order chi connectivity index (χ1) is 8.74. The van der Waals surface area contributed by atoms with Crippen LogP contribution in [0.15, 0.2) is 18.2 Å². The molecule has 1 unspecified atom stereocenters. The lowest BCUT2D eigenvalue weighted by atomic mass is 9.86. The third-order valence-corrected chi connectivity index (χ3v) is 4.10. The molecule has 18 heavy (non-hydrogen) atoms. The van der Waals surface area contributed by atoms with Crippen molar-refractivity contribution >= 4 is 0 Å². The van der Waals surface area contributed by atoms with Crippen molar-refractivity contribution in [2.24, 2.45) is 0 Å². The van der Waals surface area contributed by atoms with Crippen LogP contribution in [0, 0.1) is 0 Å². The van der Waals surface area contributed by atoms with Crippen molar-refractivity contribution in [3.63, 3.8) is 0 Å². The SMILES string of the molecule is CCCCCN(C)C1CCCc2c(O)cccc21. The van der Waals surface area contributed by atoms with Crippen LogP contribution in [0.1, 0.15) is 56.2 Å². The molecule has 0 heterocycles. The number of unbranched alkanes of at least 4 members (excludes halogenated alkanes) is 2. The van der Waals surface area contributed by atoms with Gasteiger partial charge in [-0.25, -0.2) is 0 Å². The Labute approximate surface area is 111 Å². The summed E-state index contributed by atoms with van der Waals surface area (Å²) in [6.07, 6.45) is 7.30. The van der Waals surface area contributed by atoms with Gasteiger partial charge in [0.2, 0.25) is 0 Å². The zero-order valence-corrected chi connectivity index (χ0v) is 11.7. The lowest BCUT2D eigenvalue weighted by molar-refractivity contribution is 0.216. The Morgan fingerprint density at radius 3 is 2.94 bits per heavy atom. The average Bonchev–Trinajstić information content (AvgIpc) is 2.39. The summed E-state index contributed by atoms with van der Waals surface area (Å²) in [5.74, 6) is 0.485. The predicted octanol–water partition coefficient (Wildman–Crippen LogP) is 3.89. The van der Waals surface area contributed by atoms with Crippen LogP contribution in [0.5, 0.6) is 5.75 Å². The van der Waals surface area contributed by atoms with Gasteiger partial charge in [0.05, 0.1) is 0 Å². The first-order valence-electron chi connectivity index (χ1n) is 7.25. The first-order valence-corrected chi connectivity index (χ1v) is 7.25. The third kappa shape index (κ3) is 2.86. The first kappa shape index (κ1) is 13.4. The van der Waals surface area contributed by atoms with E-state index in [-0.39, 0.29) is 0 Å². The van der Waals surface area contributed by atoms with Gasteiger partial charge in [-0.2, -0.15) is 0 Å². The van der Waals surface area contributed by atoms with Crippen LogP contribution in [0.3, 0.4) is 0 Å². The largest absolute Gasteiger partial charge is 0.508 e. The van der Waals surface area contributed by atoms with E-state index < -0.39 is 0 Å². The molecule has 2 rings (SSSR count). The molecule has 0 aliphatic heterocycles. The second-order valence-corrected chi connectivity index (χ2v) is 5.44. The van der Waals surface area contributed by atoms with Crippen LogP contribution in [0.4, 0.5) is 0 Å². The lowest BCUT2D eigenvalue weighted by Crippen LogP contribution is -2.28. The number of phenolic OH excluding ortho intramolecular Hbond substituents is 1. The standard InChI is InChI=1S/C16H25NO/c1-3-4-5-12-17(2)15-10-6-9-14-13(15)8-7-11-16(14)18/h7-8,11,15,18H,3-6,9-10,12H2,1-2H3. The van der Waals surface area contributed by atoms with Crippen LogP contribution >= 0.6 is 0 Å². The fraction of sp³-hybridized carbons (Fsp3) is 0.625.